The van der Waals surface area contributed by atoms with Crippen LogP contribution in [0.5, 0.6) is 5.75 Å². The van der Waals surface area contributed by atoms with Gasteiger partial charge in [-0.2, -0.15) is 10.1 Å². The molecule has 1 N–H and O–H groups in total. The summed E-state index contributed by atoms with van der Waals surface area (Å²) in [4.78, 5) is 30.7. The Hall–Kier alpha value is -4.52. The number of aliphatic hydroxyl groups excluding tert-OH is 1. The fourth-order valence-electron chi connectivity index (χ4n) is 3.71. The summed E-state index contributed by atoms with van der Waals surface area (Å²) in [5.74, 6) is -0.491. The number of halogens is 3. The minimum atomic E-state index is -4.80. The quantitative estimate of drug-likeness (QED) is 0.418. The van der Waals surface area contributed by atoms with Crippen LogP contribution in [-0.2, 0) is 6.54 Å². The van der Waals surface area contributed by atoms with E-state index in [0.29, 0.717) is 16.7 Å². The van der Waals surface area contributed by atoms with Crippen molar-refractivity contribution in [3.8, 4) is 28.7 Å². The number of hydrogen-bond donors (Lipinski definition) is 1. The van der Waals surface area contributed by atoms with Gasteiger partial charge in [-0.25, -0.2) is 4.68 Å². The van der Waals surface area contributed by atoms with Crippen LogP contribution in [0.3, 0.4) is 0 Å². The maximum atomic E-state index is 12.5. The van der Waals surface area contributed by atoms with E-state index in [1.54, 1.807) is 24.3 Å². The van der Waals surface area contributed by atoms with Gasteiger partial charge in [0, 0.05) is 30.3 Å². The average molecular weight is 513 g/mol. The lowest BCUT2D eigenvalue weighted by molar-refractivity contribution is -0.274. The molecule has 2 aromatic heterocycles. The van der Waals surface area contributed by atoms with E-state index in [9.17, 15) is 27.9 Å². The van der Waals surface area contributed by atoms with Crippen LogP contribution in [0.2, 0.25) is 0 Å². The smallest absolute Gasteiger partial charge is 0.406 e. The molecule has 3 heterocycles. The maximum absolute atomic E-state index is 12.5. The van der Waals surface area contributed by atoms with E-state index >= 15 is 0 Å². The van der Waals surface area contributed by atoms with Crippen molar-refractivity contribution in [3.63, 3.8) is 0 Å². The van der Waals surface area contributed by atoms with Gasteiger partial charge >= 0.3 is 6.36 Å². The fraction of sp³-hybridized carbons (Fsp3) is 0.208. The van der Waals surface area contributed by atoms with Crippen molar-refractivity contribution in [1.29, 1.82) is 0 Å². The van der Waals surface area contributed by atoms with Crippen molar-refractivity contribution < 1.29 is 32.3 Å². The van der Waals surface area contributed by atoms with Crippen LogP contribution in [0.4, 0.5) is 13.2 Å². The largest absolute Gasteiger partial charge is 0.573 e. The molecule has 1 aliphatic heterocycles. The first-order valence-electron chi connectivity index (χ1n) is 11.0. The van der Waals surface area contributed by atoms with E-state index < -0.39 is 18.0 Å². The number of ether oxygens (including phenoxy) is 1. The zero-order chi connectivity index (χ0) is 26.2. The van der Waals surface area contributed by atoms with Crippen molar-refractivity contribution in [3.05, 3.63) is 82.1 Å². The summed E-state index contributed by atoms with van der Waals surface area (Å²) in [5, 5.41) is 17.5. The third-order valence-corrected chi connectivity index (χ3v) is 5.51. The first kappa shape index (κ1) is 24.2. The molecule has 0 radical (unpaired) electrons. The third-order valence-electron chi connectivity index (χ3n) is 5.51. The molecule has 13 heteroatoms. The number of benzene rings is 2. The van der Waals surface area contributed by atoms with Gasteiger partial charge in [0.1, 0.15) is 11.4 Å². The molecule has 1 saturated heterocycles. The van der Waals surface area contributed by atoms with Crippen LogP contribution in [-0.4, -0.2) is 61.4 Å². The van der Waals surface area contributed by atoms with Crippen molar-refractivity contribution in [1.82, 2.24) is 24.8 Å². The number of carbonyl (C=O) groups excluding carboxylic acids is 1. The van der Waals surface area contributed by atoms with Crippen LogP contribution < -0.4 is 10.3 Å². The lowest BCUT2D eigenvalue weighted by Crippen LogP contribution is -2.53. The maximum Gasteiger partial charge on any atom is 0.573 e. The van der Waals surface area contributed by atoms with Crippen molar-refractivity contribution in [2.24, 2.45) is 0 Å². The fourth-order valence-corrected chi connectivity index (χ4v) is 3.71. The lowest BCUT2D eigenvalue weighted by Gasteiger charge is -2.35. The van der Waals surface area contributed by atoms with Gasteiger partial charge in [0.15, 0.2) is 0 Å². The molecule has 1 aliphatic rings. The molecule has 5 rings (SSSR count). The summed E-state index contributed by atoms with van der Waals surface area (Å²) >= 11 is 0. The molecule has 10 nitrogen and oxygen atoms in total. The van der Waals surface area contributed by atoms with Gasteiger partial charge in [-0.15, -0.1) is 13.2 Å². The number of aliphatic hydroxyl groups is 1. The van der Waals surface area contributed by atoms with Gasteiger partial charge in [0.05, 0.1) is 12.6 Å². The molecule has 0 unspecified atom stereocenters. The number of carbonyl (C=O) groups is 1. The molecule has 0 spiro atoms. The van der Waals surface area contributed by atoms with E-state index in [4.69, 9.17) is 4.52 Å². The summed E-state index contributed by atoms with van der Waals surface area (Å²) in [5.41, 5.74) is 1.28. The van der Waals surface area contributed by atoms with Gasteiger partial charge in [0.25, 0.3) is 17.4 Å². The molecule has 0 aliphatic carbocycles. The van der Waals surface area contributed by atoms with Crippen molar-refractivity contribution in [2.75, 3.05) is 13.1 Å². The third kappa shape index (κ3) is 5.51. The zero-order valence-electron chi connectivity index (χ0n) is 18.9. The molecule has 37 heavy (non-hydrogen) atoms. The summed E-state index contributed by atoms with van der Waals surface area (Å²) in [7, 11) is 0. The van der Waals surface area contributed by atoms with Crippen LogP contribution >= 0.6 is 0 Å². The highest BCUT2D eigenvalue weighted by molar-refractivity contribution is 5.95. The molecule has 2 aromatic carbocycles. The summed E-state index contributed by atoms with van der Waals surface area (Å²) in [6.07, 6.45) is -5.31. The first-order valence-corrected chi connectivity index (χ1v) is 11.0. The van der Waals surface area contributed by atoms with Crippen LogP contribution in [0.25, 0.3) is 23.0 Å². The highest BCUT2D eigenvalue weighted by atomic mass is 19.4. The molecule has 1 fully saturated rings. The predicted molar refractivity (Wildman–Crippen MR) is 121 cm³/mol. The Morgan fingerprint density at radius 2 is 1.86 bits per heavy atom. The summed E-state index contributed by atoms with van der Waals surface area (Å²) in [6.45, 7) is 0.631. The monoisotopic (exact) mass is 513 g/mol. The van der Waals surface area contributed by atoms with Crippen LogP contribution in [0.15, 0.2) is 70.0 Å². The van der Waals surface area contributed by atoms with E-state index in [1.807, 2.05) is 0 Å². The molecule has 0 bridgehead atoms. The summed E-state index contributed by atoms with van der Waals surface area (Å²) in [6, 6.07) is 14.4. The van der Waals surface area contributed by atoms with E-state index in [2.05, 4.69) is 20.0 Å². The topological polar surface area (TPSA) is 124 Å². The second kappa shape index (κ2) is 9.50. The highest BCUT2D eigenvalue weighted by Crippen LogP contribution is 2.26. The number of hydrogen-bond acceptors (Lipinski definition) is 8. The molecule has 4 aromatic rings. The number of aromatic nitrogens is 4. The second-order valence-electron chi connectivity index (χ2n) is 8.27. The molecule has 0 atom stereocenters. The number of amides is 1. The standard InChI is InChI=1S/C24H18F3N5O5/c25-24(26,27)36-18-6-4-15(5-7-18)21-28-22(37-30-21)19-8-9-20(34)32(29-19)11-14-2-1-3-16(10-14)23(35)31-12-17(33)13-31/h1-10,17,33H,11-13H2. The minimum Gasteiger partial charge on any atom is -0.406 e. The lowest BCUT2D eigenvalue weighted by atomic mass is 10.1. The number of likely N-dealkylation sites (tertiary alicyclic amines) is 1. The van der Waals surface area contributed by atoms with Gasteiger partial charge in [0.2, 0.25) is 5.82 Å². The summed E-state index contributed by atoms with van der Waals surface area (Å²) < 4.78 is 47.3. The predicted octanol–water partition coefficient (Wildman–Crippen LogP) is 2.72. The number of β-amino-alcohol motifs (C(OH)–C–C–N with tert-alkyl or cyclic N) is 1. The minimum absolute atomic E-state index is 0.000336. The van der Waals surface area contributed by atoms with Crippen LogP contribution in [0.1, 0.15) is 15.9 Å². The molecule has 0 saturated carbocycles. The molecular weight excluding hydrogens is 495 g/mol. The Kier molecular flexibility index (Phi) is 6.21. The number of nitrogens with zero attached hydrogens (tertiary/aromatic N) is 5. The molecular formula is C24H18F3N5O5. The Labute approximate surface area is 206 Å². The molecule has 1 amide bonds. The van der Waals surface area contributed by atoms with Crippen LogP contribution in [0, 0.1) is 0 Å². The second-order valence-corrected chi connectivity index (χ2v) is 8.27. The average Bonchev–Trinajstić information content (AvgIpc) is 3.33. The Balaban J connectivity index is 1.33. The number of alkyl halides is 3. The first-order chi connectivity index (χ1) is 17.6. The normalized spacial score (nSPS) is 13.9. The molecule has 190 valence electrons. The Morgan fingerprint density at radius 3 is 2.57 bits per heavy atom. The SMILES string of the molecule is O=C(c1cccc(Cn2nc(-c3nc(-c4ccc(OC(F)(F)F)cc4)no3)ccc2=O)c1)N1CC(O)C1. The van der Waals surface area contributed by atoms with Gasteiger partial charge < -0.3 is 19.3 Å². The zero-order valence-corrected chi connectivity index (χ0v) is 18.9. The van der Waals surface area contributed by atoms with Gasteiger partial charge in [-0.3, -0.25) is 9.59 Å². The Morgan fingerprint density at radius 1 is 1.11 bits per heavy atom. The number of rotatable bonds is 6. The van der Waals surface area contributed by atoms with E-state index in [1.165, 1.54) is 33.8 Å². The van der Waals surface area contributed by atoms with Crippen molar-refractivity contribution >= 4 is 5.91 Å². The highest BCUT2D eigenvalue weighted by Gasteiger charge is 2.31. The van der Waals surface area contributed by atoms with E-state index in [0.717, 1.165) is 12.1 Å². The van der Waals surface area contributed by atoms with Crippen molar-refractivity contribution in [2.45, 2.75) is 19.0 Å². The van der Waals surface area contributed by atoms with Gasteiger partial charge in [-0.1, -0.05) is 17.3 Å². The Bertz CT molecular complexity index is 1490. The van der Waals surface area contributed by atoms with Gasteiger partial charge in [-0.05, 0) is 48.0 Å². The van der Waals surface area contributed by atoms with E-state index in [-0.39, 0.29) is 48.7 Å².